The lowest BCUT2D eigenvalue weighted by atomic mass is 9.91. The molecule has 2 aromatic carbocycles. The average Bonchev–Trinajstić information content (AvgIpc) is 3.11. The van der Waals surface area contributed by atoms with Gasteiger partial charge in [-0.1, -0.05) is 89.1 Å². The van der Waals surface area contributed by atoms with Crippen LogP contribution in [0.25, 0.3) is 16.9 Å². The fourth-order valence-electron chi connectivity index (χ4n) is 5.11. The maximum absolute atomic E-state index is 11.7. The standard InChI is InChI=1S/C32H44N2/c1-5-8-11-13-22-30-29(21-10-7-3)32(28-20-15-18-26(24-28)17-12-9-6-2)34(33)31(30)27-19-14-16-25(4)23-27/h14-16,18-20,23-24H,5-13,17,21-22H2,1-4H3. The molecule has 0 aliphatic carbocycles. The Kier molecular flexibility index (Phi) is 10.3. The smallest absolute Gasteiger partial charge is 0.211 e. The molecule has 3 rings (SSSR count). The van der Waals surface area contributed by atoms with Gasteiger partial charge < -0.3 is 5.53 Å². The summed E-state index contributed by atoms with van der Waals surface area (Å²) in [5.41, 5.74) is 21.3. The van der Waals surface area contributed by atoms with Crippen molar-refractivity contribution in [1.82, 2.24) is 0 Å². The minimum atomic E-state index is 0.998. The van der Waals surface area contributed by atoms with Gasteiger partial charge in [0.25, 0.3) is 0 Å². The van der Waals surface area contributed by atoms with E-state index >= 15 is 0 Å². The van der Waals surface area contributed by atoms with Gasteiger partial charge in [-0.3, -0.25) is 0 Å². The van der Waals surface area contributed by atoms with E-state index in [0.717, 1.165) is 54.6 Å². The van der Waals surface area contributed by atoms with Gasteiger partial charge in [0.05, 0.1) is 0 Å². The molecule has 0 amide bonds. The van der Waals surface area contributed by atoms with E-state index in [0.29, 0.717) is 0 Å². The Bertz CT molecular complexity index is 1020. The van der Waals surface area contributed by atoms with Gasteiger partial charge in [0.1, 0.15) is 0 Å². The maximum Gasteiger partial charge on any atom is 0.211 e. The summed E-state index contributed by atoms with van der Waals surface area (Å²) in [6, 6.07) is 17.5. The monoisotopic (exact) mass is 456 g/mol. The van der Waals surface area contributed by atoms with Gasteiger partial charge >= 0.3 is 0 Å². The zero-order valence-electron chi connectivity index (χ0n) is 22.0. The molecule has 2 nitrogen and oxygen atoms in total. The van der Waals surface area contributed by atoms with Gasteiger partial charge in [0.15, 0.2) is 0 Å². The molecule has 0 saturated heterocycles. The number of rotatable bonds is 14. The molecular formula is C32H44N2. The molecule has 34 heavy (non-hydrogen) atoms. The number of allylic oxidation sites excluding steroid dienone is 2. The van der Waals surface area contributed by atoms with Crippen LogP contribution >= 0.6 is 0 Å². The molecule has 2 heteroatoms. The predicted octanol–water partition coefficient (Wildman–Crippen LogP) is 10.1. The molecule has 0 N–H and O–H groups in total. The zero-order chi connectivity index (χ0) is 24.3. The molecule has 2 aromatic rings. The summed E-state index contributed by atoms with van der Waals surface area (Å²) in [5, 5.41) is 0. The minimum absolute atomic E-state index is 0.998. The van der Waals surface area contributed by atoms with Crippen LogP contribution in [0.2, 0.25) is 0 Å². The Hall–Kier alpha value is -2.48. The first-order valence-corrected chi connectivity index (χ1v) is 13.7. The molecule has 0 unspecified atom stereocenters. The van der Waals surface area contributed by atoms with Crippen molar-refractivity contribution in [3.63, 3.8) is 0 Å². The van der Waals surface area contributed by atoms with Crippen LogP contribution < -0.4 is 0 Å². The number of hydrogen-bond acceptors (Lipinski definition) is 0. The summed E-state index contributed by atoms with van der Waals surface area (Å²) in [6.45, 7) is 8.91. The zero-order valence-corrected chi connectivity index (χ0v) is 22.0. The molecule has 1 aliphatic heterocycles. The van der Waals surface area contributed by atoms with Crippen LogP contribution in [0.5, 0.6) is 0 Å². The second-order valence-electron chi connectivity index (χ2n) is 9.91. The summed E-state index contributed by atoms with van der Waals surface area (Å²) in [4.78, 5) is 0. The average molecular weight is 457 g/mol. The molecule has 0 atom stereocenters. The molecule has 0 bridgehead atoms. The minimum Gasteiger partial charge on any atom is -0.493 e. The first kappa shape index (κ1) is 26.1. The fraction of sp³-hybridized carbons (Fsp3) is 0.500. The third-order valence-corrected chi connectivity index (χ3v) is 6.98. The Morgan fingerprint density at radius 3 is 1.82 bits per heavy atom. The highest BCUT2D eigenvalue weighted by Gasteiger charge is 2.35. The van der Waals surface area contributed by atoms with Crippen LogP contribution in [0.1, 0.15) is 114 Å². The number of hydrogen-bond donors (Lipinski definition) is 0. The van der Waals surface area contributed by atoms with Crippen LogP contribution in [-0.2, 0) is 6.42 Å². The highest BCUT2D eigenvalue weighted by molar-refractivity contribution is 5.82. The van der Waals surface area contributed by atoms with Gasteiger partial charge in [0.2, 0.25) is 11.4 Å². The van der Waals surface area contributed by atoms with Crippen LogP contribution in [-0.4, -0.2) is 4.70 Å². The summed E-state index contributed by atoms with van der Waals surface area (Å²) < 4.78 is 1.53. The Morgan fingerprint density at radius 2 is 1.18 bits per heavy atom. The lowest BCUT2D eigenvalue weighted by molar-refractivity contribution is -0.345. The van der Waals surface area contributed by atoms with Crippen LogP contribution in [0.15, 0.2) is 59.7 Å². The largest absolute Gasteiger partial charge is 0.493 e. The van der Waals surface area contributed by atoms with E-state index in [1.807, 2.05) is 0 Å². The lowest BCUT2D eigenvalue weighted by Gasteiger charge is -2.11. The first-order chi connectivity index (χ1) is 16.6. The quantitative estimate of drug-likeness (QED) is 0.199. The van der Waals surface area contributed by atoms with Gasteiger partial charge in [-0.25, -0.2) is 4.70 Å². The molecule has 1 heterocycles. The van der Waals surface area contributed by atoms with Crippen molar-refractivity contribution < 1.29 is 4.70 Å². The second kappa shape index (κ2) is 13.4. The second-order valence-corrected chi connectivity index (χ2v) is 9.91. The first-order valence-electron chi connectivity index (χ1n) is 13.7. The predicted molar refractivity (Wildman–Crippen MR) is 147 cm³/mol. The van der Waals surface area contributed by atoms with Crippen LogP contribution in [0.4, 0.5) is 0 Å². The molecule has 0 aromatic heterocycles. The number of unbranched alkanes of at least 4 members (excludes halogenated alkanes) is 6. The molecular weight excluding hydrogens is 412 g/mol. The van der Waals surface area contributed by atoms with Crippen LogP contribution in [0.3, 0.4) is 0 Å². The third kappa shape index (κ3) is 6.56. The Morgan fingerprint density at radius 1 is 0.618 bits per heavy atom. The highest BCUT2D eigenvalue weighted by atomic mass is 15.2. The molecule has 0 spiro atoms. The van der Waals surface area contributed by atoms with E-state index in [1.54, 1.807) is 0 Å². The summed E-state index contributed by atoms with van der Waals surface area (Å²) in [6.07, 6.45) is 14.1. The summed E-state index contributed by atoms with van der Waals surface area (Å²) in [5.74, 6) is 0. The molecule has 0 fully saturated rings. The van der Waals surface area contributed by atoms with E-state index in [2.05, 4.69) is 76.2 Å². The molecule has 1 aliphatic rings. The fourth-order valence-corrected chi connectivity index (χ4v) is 5.11. The molecule has 182 valence electrons. The number of aryl methyl sites for hydroxylation is 2. The van der Waals surface area contributed by atoms with Gasteiger partial charge in [-0.05, 0) is 75.3 Å². The SMILES string of the molecule is CCCCCCC1=C(c2cccc(C)c2)[N+](=[N-])C(c2cccc(CCCCC)c2)=C1CCCC. The van der Waals surface area contributed by atoms with E-state index < -0.39 is 0 Å². The summed E-state index contributed by atoms with van der Waals surface area (Å²) in [7, 11) is 0. The van der Waals surface area contributed by atoms with Crippen molar-refractivity contribution in [3.8, 4) is 0 Å². The van der Waals surface area contributed by atoms with E-state index in [1.165, 1.54) is 71.9 Å². The van der Waals surface area contributed by atoms with Crippen molar-refractivity contribution in [2.75, 3.05) is 0 Å². The van der Waals surface area contributed by atoms with Crippen molar-refractivity contribution in [2.45, 2.75) is 105 Å². The van der Waals surface area contributed by atoms with Crippen molar-refractivity contribution in [2.24, 2.45) is 0 Å². The van der Waals surface area contributed by atoms with Gasteiger partial charge in [0, 0.05) is 22.3 Å². The van der Waals surface area contributed by atoms with Crippen LogP contribution in [0, 0.1) is 6.92 Å². The molecule has 0 radical (unpaired) electrons. The van der Waals surface area contributed by atoms with Crippen molar-refractivity contribution in [3.05, 3.63) is 87.5 Å². The lowest BCUT2D eigenvalue weighted by Crippen LogP contribution is -2.03. The normalized spacial score (nSPS) is 13.9. The van der Waals surface area contributed by atoms with Crippen molar-refractivity contribution in [1.29, 1.82) is 0 Å². The maximum atomic E-state index is 11.7. The highest BCUT2D eigenvalue weighted by Crippen LogP contribution is 2.44. The molecule has 0 saturated carbocycles. The Balaban J connectivity index is 2.06. The number of nitrogens with zero attached hydrogens (tertiary/aromatic N) is 2. The summed E-state index contributed by atoms with van der Waals surface area (Å²) >= 11 is 0. The van der Waals surface area contributed by atoms with Gasteiger partial charge in [-0.15, -0.1) is 0 Å². The van der Waals surface area contributed by atoms with E-state index in [9.17, 15) is 5.53 Å². The Labute approximate surface area is 208 Å². The van der Waals surface area contributed by atoms with E-state index in [4.69, 9.17) is 0 Å². The third-order valence-electron chi connectivity index (χ3n) is 6.98. The topological polar surface area (TPSA) is 25.3 Å². The van der Waals surface area contributed by atoms with Crippen molar-refractivity contribution >= 4 is 11.4 Å². The van der Waals surface area contributed by atoms with Gasteiger partial charge in [-0.2, -0.15) is 0 Å². The number of benzene rings is 2. The van der Waals surface area contributed by atoms with E-state index in [-0.39, 0.29) is 0 Å².